The zero-order valence-corrected chi connectivity index (χ0v) is 13.9. The van der Waals surface area contributed by atoms with Gasteiger partial charge in [0.25, 0.3) is 0 Å². The van der Waals surface area contributed by atoms with E-state index in [4.69, 9.17) is 0 Å². The van der Waals surface area contributed by atoms with Gasteiger partial charge in [0.2, 0.25) is 11.8 Å². The second-order valence-corrected chi connectivity index (χ2v) is 6.21. The summed E-state index contributed by atoms with van der Waals surface area (Å²) in [6, 6.07) is 0. The molecule has 1 N–H and O–H groups in total. The molecule has 0 radical (unpaired) electrons. The highest BCUT2D eigenvalue weighted by molar-refractivity contribution is 5.80. The quantitative estimate of drug-likeness (QED) is 0.691. The fraction of sp³-hybridized carbons (Fsp3) is 0.875. The summed E-state index contributed by atoms with van der Waals surface area (Å²) >= 11 is 0. The van der Waals surface area contributed by atoms with Gasteiger partial charge in [0, 0.05) is 32.0 Å². The van der Waals surface area contributed by atoms with E-state index >= 15 is 0 Å². The van der Waals surface area contributed by atoms with Gasteiger partial charge in [-0.05, 0) is 46.3 Å². The van der Waals surface area contributed by atoms with E-state index in [-0.39, 0.29) is 17.7 Å². The van der Waals surface area contributed by atoms with E-state index in [1.165, 1.54) is 0 Å². The van der Waals surface area contributed by atoms with Gasteiger partial charge in [-0.1, -0.05) is 13.3 Å². The maximum Gasteiger partial charge on any atom is 0.223 e. The number of hydrogen-bond acceptors (Lipinski definition) is 3. The highest BCUT2D eigenvalue weighted by Crippen LogP contribution is 2.18. The first-order valence-corrected chi connectivity index (χ1v) is 8.24. The maximum absolute atomic E-state index is 12.1. The third kappa shape index (κ3) is 6.93. The lowest BCUT2D eigenvalue weighted by Gasteiger charge is -2.31. The van der Waals surface area contributed by atoms with Gasteiger partial charge in [0.15, 0.2) is 0 Å². The number of unbranched alkanes of at least 4 members (excludes halogenated alkanes) is 1. The van der Waals surface area contributed by atoms with Gasteiger partial charge < -0.3 is 15.1 Å². The average molecular weight is 297 g/mol. The van der Waals surface area contributed by atoms with Crippen LogP contribution in [0.1, 0.15) is 45.4 Å². The molecule has 5 heteroatoms. The summed E-state index contributed by atoms with van der Waals surface area (Å²) in [5, 5.41) is 3.02. The van der Waals surface area contributed by atoms with Crippen LogP contribution in [0.25, 0.3) is 0 Å². The number of carbonyl (C=O) groups excluding carboxylic acids is 2. The lowest BCUT2D eigenvalue weighted by atomic mass is 9.95. The highest BCUT2D eigenvalue weighted by atomic mass is 16.2. The topological polar surface area (TPSA) is 52.7 Å². The molecule has 1 aliphatic heterocycles. The van der Waals surface area contributed by atoms with E-state index in [1.807, 2.05) is 19.0 Å². The molecule has 0 atom stereocenters. The highest BCUT2D eigenvalue weighted by Gasteiger charge is 2.26. The smallest absolute Gasteiger partial charge is 0.223 e. The second-order valence-electron chi connectivity index (χ2n) is 6.21. The Hall–Kier alpha value is -1.10. The number of likely N-dealkylation sites (tertiary alicyclic amines) is 1. The molecule has 1 heterocycles. The minimum Gasteiger partial charge on any atom is -0.356 e. The molecule has 0 saturated carbocycles. The Labute approximate surface area is 129 Å². The molecule has 0 unspecified atom stereocenters. The lowest BCUT2D eigenvalue weighted by molar-refractivity contribution is -0.135. The SMILES string of the molecule is CCCCC(=O)N1CCC(C(=O)NCCCN(C)C)CC1. The van der Waals surface area contributed by atoms with Crippen LogP contribution in [0, 0.1) is 5.92 Å². The molecule has 5 nitrogen and oxygen atoms in total. The van der Waals surface area contributed by atoms with Crippen molar-refractivity contribution in [3.8, 4) is 0 Å². The van der Waals surface area contributed by atoms with Crippen molar-refractivity contribution in [3.05, 3.63) is 0 Å². The molecule has 0 spiro atoms. The van der Waals surface area contributed by atoms with Gasteiger partial charge in [-0.3, -0.25) is 9.59 Å². The summed E-state index contributed by atoms with van der Waals surface area (Å²) in [6.07, 6.45) is 5.25. The summed E-state index contributed by atoms with van der Waals surface area (Å²) < 4.78 is 0. The minimum absolute atomic E-state index is 0.0829. The number of piperidine rings is 1. The van der Waals surface area contributed by atoms with Crippen molar-refractivity contribution in [2.75, 3.05) is 40.3 Å². The second kappa shape index (κ2) is 9.77. The summed E-state index contributed by atoms with van der Waals surface area (Å²) in [5.74, 6) is 0.496. The first-order valence-electron chi connectivity index (χ1n) is 8.24. The normalized spacial score (nSPS) is 16.3. The Morgan fingerprint density at radius 2 is 1.86 bits per heavy atom. The van der Waals surface area contributed by atoms with Crippen LogP contribution in [-0.4, -0.2) is 61.9 Å². The predicted molar refractivity (Wildman–Crippen MR) is 85.0 cm³/mol. The standard InChI is InChI=1S/C16H31N3O2/c1-4-5-7-15(20)19-12-8-14(9-13-19)16(21)17-10-6-11-18(2)3/h14H,4-13H2,1-3H3,(H,17,21). The first kappa shape index (κ1) is 18.0. The van der Waals surface area contributed by atoms with E-state index in [2.05, 4.69) is 17.1 Å². The van der Waals surface area contributed by atoms with Crippen LogP contribution < -0.4 is 5.32 Å². The van der Waals surface area contributed by atoms with Gasteiger partial charge in [0.05, 0.1) is 0 Å². The Balaban J connectivity index is 2.19. The molecule has 0 bridgehead atoms. The Bertz CT molecular complexity index is 323. The summed E-state index contributed by atoms with van der Waals surface area (Å²) in [4.78, 5) is 28.0. The third-order valence-electron chi connectivity index (χ3n) is 4.04. The predicted octanol–water partition coefficient (Wildman–Crippen LogP) is 1.48. The lowest BCUT2D eigenvalue weighted by Crippen LogP contribution is -2.43. The molecule has 0 aromatic carbocycles. The van der Waals surface area contributed by atoms with Gasteiger partial charge in [0.1, 0.15) is 0 Å². The van der Waals surface area contributed by atoms with Crippen molar-refractivity contribution in [2.45, 2.75) is 45.4 Å². The van der Waals surface area contributed by atoms with E-state index in [1.54, 1.807) is 0 Å². The van der Waals surface area contributed by atoms with Crippen molar-refractivity contribution in [3.63, 3.8) is 0 Å². The van der Waals surface area contributed by atoms with Crippen LogP contribution in [0.3, 0.4) is 0 Å². The Morgan fingerprint density at radius 3 is 2.43 bits per heavy atom. The van der Waals surface area contributed by atoms with E-state index in [9.17, 15) is 9.59 Å². The van der Waals surface area contributed by atoms with Gasteiger partial charge in [-0.25, -0.2) is 0 Å². The molecule has 1 rings (SSSR count). The van der Waals surface area contributed by atoms with Crippen molar-refractivity contribution >= 4 is 11.8 Å². The molecule has 21 heavy (non-hydrogen) atoms. The van der Waals surface area contributed by atoms with Crippen molar-refractivity contribution in [1.29, 1.82) is 0 Å². The van der Waals surface area contributed by atoms with Gasteiger partial charge in [-0.2, -0.15) is 0 Å². The minimum atomic E-state index is 0.0829. The molecule has 0 aliphatic carbocycles. The number of rotatable bonds is 8. The fourth-order valence-corrected chi connectivity index (χ4v) is 2.63. The van der Waals surface area contributed by atoms with Crippen LogP contribution in [0.5, 0.6) is 0 Å². The third-order valence-corrected chi connectivity index (χ3v) is 4.04. The number of amides is 2. The molecule has 1 saturated heterocycles. The van der Waals surface area contributed by atoms with Gasteiger partial charge >= 0.3 is 0 Å². The number of nitrogens with one attached hydrogen (secondary N) is 1. The summed E-state index contributed by atoms with van der Waals surface area (Å²) in [6.45, 7) is 5.30. The molecule has 2 amide bonds. The van der Waals surface area contributed by atoms with E-state index in [0.29, 0.717) is 6.42 Å². The van der Waals surface area contributed by atoms with Crippen molar-refractivity contribution in [2.24, 2.45) is 5.92 Å². The monoisotopic (exact) mass is 297 g/mol. The van der Waals surface area contributed by atoms with Crippen LogP contribution in [0.2, 0.25) is 0 Å². The zero-order valence-electron chi connectivity index (χ0n) is 13.9. The number of hydrogen-bond donors (Lipinski definition) is 1. The molecular weight excluding hydrogens is 266 g/mol. The van der Waals surface area contributed by atoms with Gasteiger partial charge in [-0.15, -0.1) is 0 Å². The van der Waals surface area contributed by atoms with Crippen molar-refractivity contribution < 1.29 is 9.59 Å². The molecule has 0 aromatic rings. The molecular formula is C16H31N3O2. The summed E-state index contributed by atoms with van der Waals surface area (Å²) in [7, 11) is 4.07. The molecule has 0 aromatic heterocycles. The average Bonchev–Trinajstić information content (AvgIpc) is 2.49. The van der Waals surface area contributed by atoms with Crippen LogP contribution >= 0.6 is 0 Å². The maximum atomic E-state index is 12.1. The molecule has 122 valence electrons. The number of carbonyl (C=O) groups is 2. The fourth-order valence-electron chi connectivity index (χ4n) is 2.63. The molecule has 1 aliphatic rings. The van der Waals surface area contributed by atoms with Crippen LogP contribution in [-0.2, 0) is 9.59 Å². The van der Waals surface area contributed by atoms with Crippen LogP contribution in [0.4, 0.5) is 0 Å². The Morgan fingerprint density at radius 1 is 1.19 bits per heavy atom. The Kier molecular flexibility index (Phi) is 8.35. The van der Waals surface area contributed by atoms with Crippen molar-refractivity contribution in [1.82, 2.24) is 15.1 Å². The first-order chi connectivity index (χ1) is 10.0. The summed E-state index contributed by atoms with van der Waals surface area (Å²) in [5.41, 5.74) is 0. The van der Waals surface area contributed by atoms with Crippen LogP contribution in [0.15, 0.2) is 0 Å². The molecule has 1 fully saturated rings. The number of nitrogens with zero attached hydrogens (tertiary/aromatic N) is 2. The largest absolute Gasteiger partial charge is 0.356 e. The van der Waals surface area contributed by atoms with E-state index in [0.717, 1.165) is 58.3 Å². The van der Waals surface area contributed by atoms with E-state index < -0.39 is 0 Å². The zero-order chi connectivity index (χ0) is 15.7.